The molecule has 0 saturated heterocycles. The zero-order chi connectivity index (χ0) is 18.0. The summed E-state index contributed by atoms with van der Waals surface area (Å²) in [6.07, 6.45) is 1.85. The summed E-state index contributed by atoms with van der Waals surface area (Å²) in [5, 5.41) is 3.99. The van der Waals surface area contributed by atoms with Gasteiger partial charge >= 0.3 is 0 Å². The minimum absolute atomic E-state index is 0.248. The van der Waals surface area contributed by atoms with Crippen molar-refractivity contribution in [2.45, 2.75) is 19.4 Å². The molecule has 0 aliphatic heterocycles. The number of benzene rings is 2. The zero-order valence-corrected chi connectivity index (χ0v) is 14.9. The summed E-state index contributed by atoms with van der Waals surface area (Å²) >= 11 is 11.9. The van der Waals surface area contributed by atoms with Crippen LogP contribution in [-0.4, -0.2) is 15.5 Å². The van der Waals surface area contributed by atoms with E-state index in [1.165, 1.54) is 10.9 Å². The predicted octanol–water partition coefficient (Wildman–Crippen LogP) is 4.29. The molecule has 128 valence electrons. The van der Waals surface area contributed by atoms with Crippen LogP contribution in [0.3, 0.4) is 0 Å². The Morgan fingerprint density at radius 3 is 2.68 bits per heavy atom. The largest absolute Gasteiger partial charge is 0.324 e. The number of rotatable bonds is 4. The van der Waals surface area contributed by atoms with Gasteiger partial charge < -0.3 is 5.32 Å². The van der Waals surface area contributed by atoms with Crippen molar-refractivity contribution >= 4 is 45.7 Å². The summed E-state index contributed by atoms with van der Waals surface area (Å²) in [6, 6.07) is 11.2. The van der Waals surface area contributed by atoms with Crippen molar-refractivity contribution in [2.24, 2.45) is 0 Å². The minimum atomic E-state index is -0.681. The number of carbonyl (C=O) groups is 1. The van der Waals surface area contributed by atoms with Gasteiger partial charge in [-0.3, -0.25) is 14.2 Å². The summed E-state index contributed by atoms with van der Waals surface area (Å²) in [6.45, 7) is 1.83. The van der Waals surface area contributed by atoms with Crippen LogP contribution in [0.5, 0.6) is 0 Å². The van der Waals surface area contributed by atoms with E-state index in [9.17, 15) is 9.59 Å². The summed E-state index contributed by atoms with van der Waals surface area (Å²) in [5.41, 5.74) is 0.866. The molecule has 7 heteroatoms. The van der Waals surface area contributed by atoms with Crippen LogP contribution in [0.2, 0.25) is 10.0 Å². The van der Waals surface area contributed by atoms with Gasteiger partial charge in [0.15, 0.2) is 0 Å². The van der Waals surface area contributed by atoms with E-state index in [2.05, 4.69) is 10.3 Å². The van der Waals surface area contributed by atoms with Gasteiger partial charge in [0, 0.05) is 5.69 Å². The second-order valence-corrected chi connectivity index (χ2v) is 6.33. The quantitative estimate of drug-likeness (QED) is 0.739. The Morgan fingerprint density at radius 2 is 1.96 bits per heavy atom. The van der Waals surface area contributed by atoms with Crippen LogP contribution in [0.15, 0.2) is 53.6 Å². The van der Waals surface area contributed by atoms with E-state index in [1.807, 2.05) is 13.0 Å². The number of para-hydroxylation sites is 1. The van der Waals surface area contributed by atoms with Crippen LogP contribution in [-0.2, 0) is 4.79 Å². The number of hydrogen-bond acceptors (Lipinski definition) is 3. The average molecular weight is 376 g/mol. The van der Waals surface area contributed by atoms with E-state index in [0.29, 0.717) is 33.1 Å². The van der Waals surface area contributed by atoms with Crippen molar-refractivity contribution < 1.29 is 4.79 Å². The standard InChI is InChI=1S/C18H15Cl2N3O2/c1-2-16(17(24)22-11-7-8-13(19)14(20)9-11)23-10-21-15-6-4-3-5-12(15)18(23)25/h3-10,16H,2H2,1H3,(H,22,24)/t16-/m0/s1. The number of amides is 1. The van der Waals surface area contributed by atoms with Gasteiger partial charge in [-0.15, -0.1) is 0 Å². The molecule has 1 atom stereocenters. The Kier molecular flexibility index (Phi) is 5.06. The fraction of sp³-hybridized carbons (Fsp3) is 0.167. The molecule has 0 bridgehead atoms. The van der Waals surface area contributed by atoms with Crippen molar-refractivity contribution in [1.82, 2.24) is 9.55 Å². The van der Waals surface area contributed by atoms with Gasteiger partial charge in [0.25, 0.3) is 5.56 Å². The molecule has 3 aromatic rings. The van der Waals surface area contributed by atoms with E-state index in [4.69, 9.17) is 23.2 Å². The van der Waals surface area contributed by atoms with Crippen molar-refractivity contribution in [3.63, 3.8) is 0 Å². The zero-order valence-electron chi connectivity index (χ0n) is 13.4. The van der Waals surface area contributed by atoms with Crippen molar-refractivity contribution in [3.05, 3.63) is 69.2 Å². The molecule has 3 rings (SSSR count). The number of hydrogen-bond donors (Lipinski definition) is 1. The molecule has 1 aromatic heterocycles. The van der Waals surface area contributed by atoms with Gasteiger partial charge in [-0.2, -0.15) is 0 Å². The molecular formula is C18H15Cl2N3O2. The number of carbonyl (C=O) groups excluding carboxylic acids is 1. The molecule has 5 nitrogen and oxygen atoms in total. The Hall–Kier alpha value is -2.37. The van der Waals surface area contributed by atoms with Crippen LogP contribution in [0.25, 0.3) is 10.9 Å². The van der Waals surface area contributed by atoms with Crippen LogP contribution in [0.4, 0.5) is 5.69 Å². The molecule has 1 N–H and O–H groups in total. The number of anilines is 1. The third kappa shape index (κ3) is 3.52. The molecule has 0 aliphatic rings. The van der Waals surface area contributed by atoms with Gasteiger partial charge in [-0.25, -0.2) is 4.98 Å². The number of nitrogens with one attached hydrogen (secondary N) is 1. The summed E-state index contributed by atoms with van der Waals surface area (Å²) in [7, 11) is 0. The van der Waals surface area contributed by atoms with Crippen molar-refractivity contribution in [3.8, 4) is 0 Å². The molecule has 1 amide bonds. The van der Waals surface area contributed by atoms with Gasteiger partial charge in [-0.05, 0) is 36.8 Å². The van der Waals surface area contributed by atoms with Crippen molar-refractivity contribution in [2.75, 3.05) is 5.32 Å². The lowest BCUT2D eigenvalue weighted by molar-refractivity contribution is -0.119. The van der Waals surface area contributed by atoms with E-state index in [-0.39, 0.29) is 11.5 Å². The molecular weight excluding hydrogens is 361 g/mol. The van der Waals surface area contributed by atoms with Crippen LogP contribution < -0.4 is 10.9 Å². The number of nitrogens with zero attached hydrogens (tertiary/aromatic N) is 2. The van der Waals surface area contributed by atoms with E-state index < -0.39 is 6.04 Å². The molecule has 0 fully saturated rings. The highest BCUT2D eigenvalue weighted by Gasteiger charge is 2.21. The van der Waals surface area contributed by atoms with Gasteiger partial charge in [0.2, 0.25) is 5.91 Å². The van der Waals surface area contributed by atoms with Crippen LogP contribution in [0, 0.1) is 0 Å². The monoisotopic (exact) mass is 375 g/mol. The lowest BCUT2D eigenvalue weighted by Gasteiger charge is -2.18. The number of halogens is 2. The highest BCUT2D eigenvalue weighted by molar-refractivity contribution is 6.42. The second-order valence-electron chi connectivity index (χ2n) is 5.52. The minimum Gasteiger partial charge on any atom is -0.324 e. The number of aromatic nitrogens is 2. The van der Waals surface area contributed by atoms with Crippen LogP contribution in [0.1, 0.15) is 19.4 Å². The fourth-order valence-corrected chi connectivity index (χ4v) is 2.91. The first-order chi connectivity index (χ1) is 12.0. The third-order valence-electron chi connectivity index (χ3n) is 3.90. The second kappa shape index (κ2) is 7.25. The summed E-state index contributed by atoms with van der Waals surface area (Å²) < 4.78 is 1.36. The van der Waals surface area contributed by atoms with E-state index in [0.717, 1.165) is 0 Å². The molecule has 0 saturated carbocycles. The lowest BCUT2D eigenvalue weighted by atomic mass is 10.1. The highest BCUT2D eigenvalue weighted by atomic mass is 35.5. The van der Waals surface area contributed by atoms with E-state index in [1.54, 1.807) is 36.4 Å². The fourth-order valence-electron chi connectivity index (χ4n) is 2.61. The normalized spacial score (nSPS) is 12.1. The molecule has 25 heavy (non-hydrogen) atoms. The Labute approximate surface area is 154 Å². The molecule has 0 aliphatic carbocycles. The molecule has 0 spiro atoms. The average Bonchev–Trinajstić information content (AvgIpc) is 2.61. The van der Waals surface area contributed by atoms with Crippen LogP contribution >= 0.6 is 23.2 Å². The first-order valence-electron chi connectivity index (χ1n) is 7.73. The first-order valence-corrected chi connectivity index (χ1v) is 8.48. The lowest BCUT2D eigenvalue weighted by Crippen LogP contribution is -2.33. The molecule has 0 radical (unpaired) electrons. The Bertz CT molecular complexity index is 1000. The summed E-state index contributed by atoms with van der Waals surface area (Å²) in [5.74, 6) is -0.319. The topological polar surface area (TPSA) is 64.0 Å². The maximum absolute atomic E-state index is 12.7. The number of fused-ring (bicyclic) bond motifs is 1. The molecule has 1 heterocycles. The van der Waals surface area contributed by atoms with Gasteiger partial charge in [0.1, 0.15) is 6.04 Å². The smallest absolute Gasteiger partial charge is 0.261 e. The van der Waals surface area contributed by atoms with Gasteiger partial charge in [-0.1, -0.05) is 42.3 Å². The molecule has 0 unspecified atom stereocenters. The maximum Gasteiger partial charge on any atom is 0.261 e. The highest BCUT2D eigenvalue weighted by Crippen LogP contribution is 2.25. The summed E-state index contributed by atoms with van der Waals surface area (Å²) in [4.78, 5) is 29.6. The Balaban J connectivity index is 1.94. The molecule has 2 aromatic carbocycles. The SMILES string of the molecule is CC[C@@H](C(=O)Nc1ccc(Cl)c(Cl)c1)n1cnc2ccccc2c1=O. The third-order valence-corrected chi connectivity index (χ3v) is 4.64. The van der Waals surface area contributed by atoms with E-state index >= 15 is 0 Å². The Morgan fingerprint density at radius 1 is 1.20 bits per heavy atom. The van der Waals surface area contributed by atoms with Crippen molar-refractivity contribution in [1.29, 1.82) is 0 Å². The van der Waals surface area contributed by atoms with Gasteiger partial charge in [0.05, 0.1) is 27.3 Å². The predicted molar refractivity (Wildman–Crippen MR) is 100 cm³/mol. The first kappa shape index (κ1) is 17.5. The maximum atomic E-state index is 12.7.